The van der Waals surface area contributed by atoms with Crippen molar-refractivity contribution in [2.24, 2.45) is 0 Å². The molecule has 0 saturated carbocycles. The Kier molecular flexibility index (Phi) is 6.40. The van der Waals surface area contributed by atoms with Gasteiger partial charge in [0.2, 0.25) is 0 Å². The Morgan fingerprint density at radius 1 is 1.27 bits per heavy atom. The van der Waals surface area contributed by atoms with Gasteiger partial charge in [-0.1, -0.05) is 0 Å². The van der Waals surface area contributed by atoms with Crippen molar-refractivity contribution in [2.75, 3.05) is 13.1 Å². The number of carbonyl (C=O) groups excluding carboxylic acids is 1. The smallest absolute Gasteiger partial charge is 0.435 e. The number of alkyl halides is 3. The summed E-state index contributed by atoms with van der Waals surface area (Å²) in [6.07, 6.45) is -2.62. The summed E-state index contributed by atoms with van der Waals surface area (Å²) in [7, 11) is 0. The highest BCUT2D eigenvalue weighted by molar-refractivity contribution is 5.37. The van der Waals surface area contributed by atoms with E-state index in [0.29, 0.717) is 12.2 Å². The molecule has 2 rings (SSSR count). The number of rotatable bonds is 2. The molecule has 0 aromatic carbocycles. The van der Waals surface area contributed by atoms with Gasteiger partial charge in [-0.2, -0.15) is 18.3 Å². The lowest BCUT2D eigenvalue weighted by Crippen LogP contribution is -2.26. The number of hydrogen-bond donors (Lipinski definition) is 2. The van der Waals surface area contributed by atoms with Gasteiger partial charge in [-0.3, -0.25) is 9.89 Å². The number of carbonyl (C=O) groups is 1. The van der Waals surface area contributed by atoms with Gasteiger partial charge in [0.25, 0.3) is 6.47 Å². The lowest BCUT2D eigenvalue weighted by Gasteiger charge is -2.20. The van der Waals surface area contributed by atoms with Crippen LogP contribution in [0.25, 0.3) is 0 Å². The maximum absolute atomic E-state index is 12.3. The quantitative estimate of drug-likeness (QED) is 0.822. The fourth-order valence-electron chi connectivity index (χ4n) is 1.97. The van der Waals surface area contributed by atoms with E-state index in [2.05, 4.69) is 20.3 Å². The fourth-order valence-corrected chi connectivity index (χ4v) is 1.97. The molecule has 0 unspecified atom stereocenters. The molecule has 0 amide bonds. The molecule has 126 valence electrons. The zero-order valence-electron chi connectivity index (χ0n) is 13.0. The molecule has 0 aliphatic carbocycles. The van der Waals surface area contributed by atoms with Crippen LogP contribution in [0.5, 0.6) is 0 Å². The van der Waals surface area contributed by atoms with Crippen LogP contribution in [0, 0.1) is 0 Å². The number of halogens is 3. The van der Waals surface area contributed by atoms with Crippen molar-refractivity contribution in [1.82, 2.24) is 15.5 Å². The minimum atomic E-state index is -4.35. The van der Waals surface area contributed by atoms with Crippen LogP contribution in [0.15, 0.2) is 6.07 Å². The third-order valence-corrected chi connectivity index (χ3v) is 3.07. The van der Waals surface area contributed by atoms with E-state index in [1.165, 1.54) is 0 Å². The second kappa shape index (κ2) is 7.62. The summed E-state index contributed by atoms with van der Waals surface area (Å²) < 4.78 is 41.4. The van der Waals surface area contributed by atoms with Crippen LogP contribution in [0.2, 0.25) is 0 Å². The van der Waals surface area contributed by atoms with Crippen LogP contribution < -0.4 is 5.32 Å². The average molecular weight is 321 g/mol. The van der Waals surface area contributed by atoms with Gasteiger partial charge in [-0.25, -0.2) is 0 Å². The lowest BCUT2D eigenvalue weighted by molar-refractivity contribution is -0.141. The van der Waals surface area contributed by atoms with E-state index in [0.717, 1.165) is 32.0 Å². The number of H-pyrrole nitrogens is 1. The first-order chi connectivity index (χ1) is 10.1. The van der Waals surface area contributed by atoms with Crippen molar-refractivity contribution in [3.05, 3.63) is 17.5 Å². The predicted molar refractivity (Wildman–Crippen MR) is 75.3 cm³/mol. The molecule has 2 N–H and O–H groups in total. The Morgan fingerprint density at radius 3 is 2.23 bits per heavy atom. The van der Waals surface area contributed by atoms with Crippen molar-refractivity contribution in [3.8, 4) is 0 Å². The minimum absolute atomic E-state index is 0.176. The Bertz CT molecular complexity index is 461. The monoisotopic (exact) mass is 321 g/mol. The van der Waals surface area contributed by atoms with Crippen molar-refractivity contribution in [1.29, 1.82) is 0 Å². The summed E-state index contributed by atoms with van der Waals surface area (Å²) in [4.78, 5) is 9.60. The van der Waals surface area contributed by atoms with E-state index in [1.807, 2.05) is 20.8 Å². The van der Waals surface area contributed by atoms with E-state index in [9.17, 15) is 18.0 Å². The molecule has 1 aliphatic rings. The molecule has 5 nitrogen and oxygen atoms in total. The molecule has 1 fully saturated rings. The van der Waals surface area contributed by atoms with Crippen molar-refractivity contribution < 1.29 is 22.7 Å². The molecule has 1 saturated heterocycles. The molecule has 0 bridgehead atoms. The number of piperidine rings is 1. The number of aromatic nitrogens is 2. The summed E-state index contributed by atoms with van der Waals surface area (Å²) in [6.45, 7) is 7.63. The number of aromatic amines is 1. The van der Waals surface area contributed by atoms with Gasteiger partial charge in [0.05, 0.1) is 0 Å². The van der Waals surface area contributed by atoms with Gasteiger partial charge in [-0.05, 0) is 52.8 Å². The standard InChI is InChI=1S/C9H12F3N3.C5H10O2/c10-9(11,12)8-5-7(14-15-8)6-1-3-13-4-2-6;1-5(2,3)7-4-6/h5-6,13H,1-4H2,(H,14,15);4H,1-3H3. The van der Waals surface area contributed by atoms with Crippen molar-refractivity contribution in [3.63, 3.8) is 0 Å². The maximum Gasteiger partial charge on any atom is 0.435 e. The summed E-state index contributed by atoms with van der Waals surface area (Å²) in [5.74, 6) is 0.176. The van der Waals surface area contributed by atoms with Gasteiger partial charge in [0.15, 0.2) is 5.69 Å². The van der Waals surface area contributed by atoms with Crippen LogP contribution in [0.1, 0.15) is 50.9 Å². The van der Waals surface area contributed by atoms with Crippen LogP contribution in [-0.4, -0.2) is 35.4 Å². The number of nitrogens with zero attached hydrogens (tertiary/aromatic N) is 1. The highest BCUT2D eigenvalue weighted by Crippen LogP contribution is 2.31. The Hall–Kier alpha value is -1.57. The van der Waals surface area contributed by atoms with E-state index < -0.39 is 11.9 Å². The molecular weight excluding hydrogens is 299 g/mol. The van der Waals surface area contributed by atoms with Crippen molar-refractivity contribution >= 4 is 6.47 Å². The molecule has 0 spiro atoms. The second-order valence-corrected chi connectivity index (χ2v) is 6.06. The van der Waals surface area contributed by atoms with Gasteiger partial charge in [-0.15, -0.1) is 0 Å². The summed E-state index contributed by atoms with van der Waals surface area (Å²) in [5.41, 5.74) is -0.540. The highest BCUT2D eigenvalue weighted by Gasteiger charge is 2.34. The number of nitrogens with one attached hydrogen (secondary N) is 2. The van der Waals surface area contributed by atoms with Gasteiger partial charge in [0.1, 0.15) is 5.60 Å². The topological polar surface area (TPSA) is 67.0 Å². The predicted octanol–water partition coefficient (Wildman–Crippen LogP) is 2.85. The minimum Gasteiger partial charge on any atom is -0.462 e. The summed E-state index contributed by atoms with van der Waals surface area (Å²) in [6, 6.07) is 1.12. The lowest BCUT2D eigenvalue weighted by atomic mass is 9.94. The molecule has 1 aliphatic heterocycles. The maximum atomic E-state index is 12.3. The van der Waals surface area contributed by atoms with E-state index in [-0.39, 0.29) is 11.5 Å². The van der Waals surface area contributed by atoms with Gasteiger partial charge < -0.3 is 10.1 Å². The third kappa shape index (κ3) is 6.46. The van der Waals surface area contributed by atoms with E-state index >= 15 is 0 Å². The fraction of sp³-hybridized carbons (Fsp3) is 0.714. The zero-order valence-corrected chi connectivity index (χ0v) is 13.0. The van der Waals surface area contributed by atoms with Gasteiger partial charge in [0, 0.05) is 11.6 Å². The molecule has 1 aromatic rings. The third-order valence-electron chi connectivity index (χ3n) is 3.07. The van der Waals surface area contributed by atoms with Crippen LogP contribution in [0.3, 0.4) is 0 Å². The molecule has 2 heterocycles. The molecule has 8 heteroatoms. The normalized spacial score (nSPS) is 16.6. The van der Waals surface area contributed by atoms with Gasteiger partial charge >= 0.3 is 6.18 Å². The molecule has 1 aromatic heterocycles. The molecular formula is C14H22F3N3O2. The van der Waals surface area contributed by atoms with Crippen LogP contribution in [-0.2, 0) is 15.7 Å². The first kappa shape index (κ1) is 18.5. The Balaban J connectivity index is 0.000000295. The first-order valence-electron chi connectivity index (χ1n) is 7.08. The Morgan fingerprint density at radius 2 is 1.86 bits per heavy atom. The van der Waals surface area contributed by atoms with Crippen LogP contribution in [0.4, 0.5) is 13.2 Å². The average Bonchev–Trinajstić information content (AvgIpc) is 2.88. The molecule has 0 radical (unpaired) electrons. The second-order valence-electron chi connectivity index (χ2n) is 6.06. The van der Waals surface area contributed by atoms with E-state index in [1.54, 1.807) is 0 Å². The first-order valence-corrected chi connectivity index (χ1v) is 7.08. The number of ether oxygens (including phenoxy) is 1. The summed E-state index contributed by atoms with van der Waals surface area (Å²) >= 11 is 0. The zero-order chi connectivity index (χ0) is 16.8. The van der Waals surface area contributed by atoms with Crippen molar-refractivity contribution in [2.45, 2.75) is 51.3 Å². The highest BCUT2D eigenvalue weighted by atomic mass is 19.4. The Labute approximate surface area is 127 Å². The summed E-state index contributed by atoms with van der Waals surface area (Å²) in [5, 5.41) is 8.94. The number of hydrogen-bond acceptors (Lipinski definition) is 4. The molecule has 0 atom stereocenters. The SMILES string of the molecule is CC(C)(C)OC=O.FC(F)(F)c1cc(C2CCNCC2)[nH]n1. The molecule has 22 heavy (non-hydrogen) atoms. The van der Waals surface area contributed by atoms with E-state index in [4.69, 9.17) is 0 Å². The largest absolute Gasteiger partial charge is 0.462 e. The van der Waals surface area contributed by atoms with Crippen LogP contribution >= 0.6 is 0 Å².